The fraction of sp³-hybridized carbons (Fsp3) is 0.435. The van der Waals surface area contributed by atoms with E-state index in [0.29, 0.717) is 6.42 Å². The topological polar surface area (TPSA) is 86.7 Å². The molecule has 1 amide bonds. The Hall–Kier alpha value is -2.07. The van der Waals surface area contributed by atoms with Crippen LogP contribution < -0.4 is 5.32 Å². The molecule has 1 saturated carbocycles. The van der Waals surface area contributed by atoms with Crippen LogP contribution in [0.25, 0.3) is 0 Å². The largest absolute Gasteiger partial charge is 0.376 e. The molecular formula is C23H25ClF2N2O4S. The maximum Gasteiger partial charge on any atom is 0.254 e. The maximum atomic E-state index is 14.3. The van der Waals surface area contributed by atoms with Gasteiger partial charge >= 0.3 is 0 Å². The van der Waals surface area contributed by atoms with Gasteiger partial charge in [0.15, 0.2) is 9.84 Å². The Morgan fingerprint density at radius 3 is 2.67 bits per heavy atom. The molecule has 2 aromatic rings. The van der Waals surface area contributed by atoms with E-state index in [4.69, 9.17) is 11.6 Å². The fourth-order valence-electron chi connectivity index (χ4n) is 4.54. The number of carbonyl (C=O) groups excluding carboxylic acids is 1. The van der Waals surface area contributed by atoms with E-state index in [2.05, 4.69) is 5.32 Å². The van der Waals surface area contributed by atoms with Crippen molar-refractivity contribution in [3.63, 3.8) is 0 Å². The third kappa shape index (κ3) is 4.64. The molecule has 1 aliphatic carbocycles. The lowest BCUT2D eigenvalue weighted by molar-refractivity contribution is 0.0237. The Labute approximate surface area is 196 Å². The summed E-state index contributed by atoms with van der Waals surface area (Å²) >= 11 is 5.61. The molecule has 10 heteroatoms. The number of halogens is 3. The molecule has 1 heterocycles. The minimum Gasteiger partial charge on any atom is -0.376 e. The van der Waals surface area contributed by atoms with Crippen LogP contribution in [0.2, 0.25) is 5.02 Å². The molecule has 2 aliphatic rings. The van der Waals surface area contributed by atoms with Gasteiger partial charge in [0.05, 0.1) is 21.7 Å². The zero-order chi connectivity index (χ0) is 24.1. The van der Waals surface area contributed by atoms with Gasteiger partial charge in [-0.1, -0.05) is 24.6 Å². The van der Waals surface area contributed by atoms with Gasteiger partial charge in [-0.3, -0.25) is 10.1 Å². The SMILES string of the molecule is CCS(=O)(=O)c1cccc(C(=O)N2[C@@H](C(O)N[C@H](C)c3cc(F)c(Cl)cc3F)C[C@H]3C[C@H]32)c1. The number of carbonyl (C=O) groups is 1. The number of hydrogen-bond donors (Lipinski definition) is 2. The monoisotopic (exact) mass is 498 g/mol. The van der Waals surface area contributed by atoms with Gasteiger partial charge in [-0.05, 0) is 56.0 Å². The number of fused-ring (bicyclic) bond motifs is 1. The lowest BCUT2D eigenvalue weighted by Gasteiger charge is -2.33. The predicted octanol–water partition coefficient (Wildman–Crippen LogP) is 3.68. The summed E-state index contributed by atoms with van der Waals surface area (Å²) in [7, 11) is -3.48. The molecule has 0 radical (unpaired) electrons. The first kappa shape index (κ1) is 24.1. The summed E-state index contributed by atoms with van der Waals surface area (Å²) in [5, 5.41) is 13.4. The summed E-state index contributed by atoms with van der Waals surface area (Å²) in [6, 6.07) is 6.39. The molecule has 6 nitrogen and oxygen atoms in total. The summed E-state index contributed by atoms with van der Waals surface area (Å²) in [4.78, 5) is 15.0. The van der Waals surface area contributed by atoms with Gasteiger partial charge in [-0.25, -0.2) is 17.2 Å². The van der Waals surface area contributed by atoms with Crippen molar-refractivity contribution in [2.45, 2.75) is 55.9 Å². The van der Waals surface area contributed by atoms with E-state index in [9.17, 15) is 27.1 Å². The lowest BCUT2D eigenvalue weighted by Crippen LogP contribution is -2.51. The number of nitrogens with zero attached hydrogens (tertiary/aromatic N) is 1. The van der Waals surface area contributed by atoms with Crippen LogP contribution in [0.5, 0.6) is 0 Å². The summed E-state index contributed by atoms with van der Waals surface area (Å²) in [6.45, 7) is 3.11. The van der Waals surface area contributed by atoms with Crippen LogP contribution in [0.15, 0.2) is 41.3 Å². The molecule has 0 bridgehead atoms. The highest BCUT2D eigenvalue weighted by Crippen LogP contribution is 2.49. The highest BCUT2D eigenvalue weighted by atomic mass is 35.5. The van der Waals surface area contributed by atoms with Crippen molar-refractivity contribution < 1.29 is 27.1 Å². The number of benzene rings is 2. The number of aliphatic hydroxyl groups excluding tert-OH is 1. The number of nitrogens with one attached hydrogen (secondary N) is 1. The van der Waals surface area contributed by atoms with Crippen molar-refractivity contribution in [3.05, 3.63) is 64.2 Å². The van der Waals surface area contributed by atoms with Crippen molar-refractivity contribution in [2.24, 2.45) is 5.92 Å². The number of likely N-dealkylation sites (tertiary alicyclic amines) is 1. The van der Waals surface area contributed by atoms with Crippen molar-refractivity contribution in [2.75, 3.05) is 5.75 Å². The minimum absolute atomic E-state index is 0.00876. The van der Waals surface area contributed by atoms with Gasteiger partial charge in [-0.15, -0.1) is 0 Å². The van der Waals surface area contributed by atoms with Crippen molar-refractivity contribution >= 4 is 27.3 Å². The molecule has 33 heavy (non-hydrogen) atoms. The summed E-state index contributed by atoms with van der Waals surface area (Å²) in [6.07, 6.45) is 0.174. The van der Waals surface area contributed by atoms with Crippen LogP contribution >= 0.6 is 11.6 Å². The predicted molar refractivity (Wildman–Crippen MR) is 120 cm³/mol. The Morgan fingerprint density at radius 2 is 1.97 bits per heavy atom. The van der Waals surface area contributed by atoms with Gasteiger partial charge in [0.1, 0.15) is 17.9 Å². The maximum absolute atomic E-state index is 14.3. The molecule has 1 aliphatic heterocycles. The second-order valence-corrected chi connectivity index (χ2v) is 11.3. The second-order valence-electron chi connectivity index (χ2n) is 8.63. The molecule has 1 unspecified atom stereocenters. The van der Waals surface area contributed by atoms with E-state index in [1.165, 1.54) is 25.1 Å². The Bertz CT molecular complexity index is 1190. The van der Waals surface area contributed by atoms with Crippen LogP contribution in [0.3, 0.4) is 0 Å². The number of sulfone groups is 1. The van der Waals surface area contributed by atoms with Gasteiger partial charge < -0.3 is 10.0 Å². The molecule has 4 rings (SSSR count). The van der Waals surface area contributed by atoms with Crippen LogP contribution in [0.4, 0.5) is 8.78 Å². The number of rotatable bonds is 7. The van der Waals surface area contributed by atoms with Crippen LogP contribution in [-0.2, 0) is 9.84 Å². The first-order valence-corrected chi connectivity index (χ1v) is 12.8. The molecule has 5 atom stereocenters. The standard InChI is InChI=1S/C23H25ClF2N2O4S/c1-3-33(31,32)15-6-4-5-13(7-15)23(30)28-20-8-14(20)9-21(28)22(29)27-12(2)16-10-19(26)17(24)11-18(16)25/h4-7,10-12,14,20-22,27,29H,3,8-9H2,1-2H3/t12-,14-,20-,21-,22?/m1/s1. The molecular weight excluding hydrogens is 474 g/mol. The molecule has 2 aromatic carbocycles. The molecule has 2 fully saturated rings. The van der Waals surface area contributed by atoms with Gasteiger partial charge in [-0.2, -0.15) is 0 Å². The summed E-state index contributed by atoms with van der Waals surface area (Å²) < 4.78 is 52.6. The quantitative estimate of drug-likeness (QED) is 0.449. The van der Waals surface area contributed by atoms with E-state index in [0.717, 1.165) is 18.6 Å². The zero-order valence-corrected chi connectivity index (χ0v) is 19.7. The highest BCUT2D eigenvalue weighted by Gasteiger charge is 2.55. The van der Waals surface area contributed by atoms with E-state index in [1.807, 2.05) is 0 Å². The van der Waals surface area contributed by atoms with Crippen molar-refractivity contribution in [3.8, 4) is 0 Å². The third-order valence-corrected chi connectivity index (χ3v) is 8.51. The van der Waals surface area contributed by atoms with Crippen molar-refractivity contribution in [1.82, 2.24) is 10.2 Å². The summed E-state index contributed by atoms with van der Waals surface area (Å²) in [5.41, 5.74) is 0.239. The molecule has 1 saturated heterocycles. The van der Waals surface area contributed by atoms with Crippen LogP contribution in [-0.4, -0.2) is 48.4 Å². The van der Waals surface area contributed by atoms with Gasteiger partial charge in [0.25, 0.3) is 5.91 Å². The van der Waals surface area contributed by atoms with E-state index in [1.54, 1.807) is 17.9 Å². The Balaban J connectivity index is 1.54. The molecule has 0 spiro atoms. The lowest BCUT2D eigenvalue weighted by atomic mass is 10.0. The second kappa shape index (κ2) is 8.94. The Morgan fingerprint density at radius 1 is 1.24 bits per heavy atom. The number of aliphatic hydroxyl groups is 1. The van der Waals surface area contributed by atoms with Gasteiger partial charge in [0.2, 0.25) is 0 Å². The Kier molecular flexibility index (Phi) is 6.52. The zero-order valence-electron chi connectivity index (χ0n) is 18.1. The van der Waals surface area contributed by atoms with E-state index in [-0.39, 0.29) is 44.7 Å². The van der Waals surface area contributed by atoms with Gasteiger partial charge in [0, 0.05) is 23.2 Å². The smallest absolute Gasteiger partial charge is 0.254 e. The normalized spacial score (nSPS) is 23.8. The van der Waals surface area contributed by atoms with E-state index >= 15 is 0 Å². The molecule has 178 valence electrons. The first-order valence-electron chi connectivity index (χ1n) is 10.8. The first-order chi connectivity index (χ1) is 15.5. The average Bonchev–Trinajstić information content (AvgIpc) is 3.45. The average molecular weight is 499 g/mol. The summed E-state index contributed by atoms with van der Waals surface area (Å²) in [5.74, 6) is -1.67. The van der Waals surface area contributed by atoms with E-state index < -0.39 is 39.8 Å². The molecule has 2 N–H and O–H groups in total. The number of hydrogen-bond acceptors (Lipinski definition) is 5. The molecule has 0 aromatic heterocycles. The van der Waals surface area contributed by atoms with Crippen molar-refractivity contribution in [1.29, 1.82) is 0 Å². The third-order valence-electron chi connectivity index (χ3n) is 6.49. The van der Waals surface area contributed by atoms with Crippen LogP contribution in [0, 0.1) is 17.6 Å². The van der Waals surface area contributed by atoms with Crippen LogP contribution in [0.1, 0.15) is 48.7 Å². The minimum atomic E-state index is -3.48. The highest BCUT2D eigenvalue weighted by molar-refractivity contribution is 7.91. The number of piperidine rings is 1. The fourth-order valence-corrected chi connectivity index (χ4v) is 5.62. The number of amides is 1.